The Morgan fingerprint density at radius 3 is 2.18 bits per heavy atom. The zero-order valence-electron chi connectivity index (χ0n) is 24.2. The number of aromatic nitrogens is 1. The normalized spacial score (nSPS) is 15.6. The first-order valence-electron chi connectivity index (χ1n) is 15.2. The number of benzene rings is 6. The first-order valence-corrected chi connectivity index (χ1v) is 15.6. The van der Waals surface area contributed by atoms with Crippen LogP contribution in [0.2, 0.25) is 5.02 Å². The third kappa shape index (κ3) is 4.70. The molecule has 1 aliphatic heterocycles. The number of rotatable bonds is 4. The summed E-state index contributed by atoms with van der Waals surface area (Å²) in [5, 5.41) is 5.32. The van der Waals surface area contributed by atoms with Gasteiger partial charge >= 0.3 is 0 Å². The van der Waals surface area contributed by atoms with Crippen LogP contribution in [0.1, 0.15) is 42.0 Å². The topological polar surface area (TPSA) is 29.6 Å². The molecule has 44 heavy (non-hydrogen) atoms. The third-order valence-electron chi connectivity index (χ3n) is 8.69. The van der Waals surface area contributed by atoms with Gasteiger partial charge in [0.1, 0.15) is 0 Å². The van der Waals surface area contributed by atoms with Crippen molar-refractivity contribution in [3.8, 4) is 5.69 Å². The number of para-hydroxylation sites is 1. The van der Waals surface area contributed by atoms with Crippen molar-refractivity contribution in [3.05, 3.63) is 161 Å². The van der Waals surface area contributed by atoms with Gasteiger partial charge in [-0.05, 0) is 77.6 Å². The summed E-state index contributed by atoms with van der Waals surface area (Å²) in [7, 11) is 0. The van der Waals surface area contributed by atoms with Crippen LogP contribution in [-0.4, -0.2) is 16.1 Å². The van der Waals surface area contributed by atoms with Crippen LogP contribution in [0, 0.1) is 0 Å². The minimum atomic E-state index is 0.0249. The molecule has 1 atom stereocenters. The summed E-state index contributed by atoms with van der Waals surface area (Å²) in [6, 6.07) is 48.9. The summed E-state index contributed by atoms with van der Waals surface area (Å²) in [6.07, 6.45) is 2.87. The van der Waals surface area contributed by atoms with Gasteiger partial charge in [-0.3, -0.25) is 4.99 Å². The number of nitrogens with zero attached hydrogens (tertiary/aromatic N) is 3. The largest absolute Gasteiger partial charge is 0.308 e. The summed E-state index contributed by atoms with van der Waals surface area (Å²) in [6.45, 7) is 0. The van der Waals surface area contributed by atoms with E-state index < -0.39 is 0 Å². The van der Waals surface area contributed by atoms with Gasteiger partial charge in [0.2, 0.25) is 0 Å². The minimum Gasteiger partial charge on any atom is -0.308 e. The summed E-state index contributed by atoms with van der Waals surface area (Å²) in [5.41, 5.74) is 7.64. The number of hydrogen-bond acceptors (Lipinski definition) is 2. The Labute approximate surface area is 261 Å². The molecule has 0 N–H and O–H groups in total. The Hall–Kier alpha value is -4.99. The average molecular weight is 588 g/mol. The fourth-order valence-corrected chi connectivity index (χ4v) is 6.87. The highest BCUT2D eigenvalue weighted by molar-refractivity contribution is 6.38. The molecule has 0 bridgehead atoms. The van der Waals surface area contributed by atoms with Crippen LogP contribution in [-0.2, 0) is 0 Å². The average Bonchev–Trinajstić information content (AvgIpc) is 3.38. The van der Waals surface area contributed by atoms with Gasteiger partial charge in [0, 0.05) is 16.3 Å². The Bertz CT molecular complexity index is 2210. The van der Waals surface area contributed by atoms with E-state index in [9.17, 15) is 0 Å². The lowest BCUT2D eigenvalue weighted by Gasteiger charge is -2.21. The molecule has 1 aliphatic rings. The number of hydrogen-bond donors (Lipinski definition) is 0. The SMILES string of the molecule is Clc1cccc2c1c1cc3ccccc3cc1n2-c1ccccc1C1=NC(c2ccccc2)CCCC(c2ccccc2)=N1. The van der Waals surface area contributed by atoms with Gasteiger partial charge in [-0.15, -0.1) is 0 Å². The van der Waals surface area contributed by atoms with Crippen LogP contribution >= 0.6 is 11.6 Å². The molecule has 0 fully saturated rings. The van der Waals surface area contributed by atoms with Crippen molar-refractivity contribution in [2.24, 2.45) is 9.98 Å². The Morgan fingerprint density at radius 1 is 0.659 bits per heavy atom. The van der Waals surface area contributed by atoms with E-state index >= 15 is 0 Å². The van der Waals surface area contributed by atoms with Gasteiger partial charge in [0.15, 0.2) is 5.84 Å². The zero-order valence-corrected chi connectivity index (χ0v) is 25.0. The van der Waals surface area contributed by atoms with E-state index in [1.165, 1.54) is 16.3 Å². The van der Waals surface area contributed by atoms with Crippen molar-refractivity contribution in [2.75, 3.05) is 0 Å². The highest BCUT2D eigenvalue weighted by atomic mass is 35.5. The fourth-order valence-electron chi connectivity index (χ4n) is 6.60. The second kappa shape index (κ2) is 11.3. The standard InChI is InChI=1S/C40H30ClN3/c41-33-20-11-24-37-39(33)32-25-29-17-7-8-18-30(29)26-38(32)44(37)36-23-10-9-19-31(36)40-42-34(27-13-3-1-4-14-27)21-12-22-35(43-40)28-15-5-2-6-16-28/h1-11,13-20,23-26,34H,12,21-22H2. The van der Waals surface area contributed by atoms with Gasteiger partial charge < -0.3 is 4.57 Å². The Kier molecular flexibility index (Phi) is 6.81. The number of fused-ring (bicyclic) bond motifs is 4. The first kappa shape index (κ1) is 26.6. The van der Waals surface area contributed by atoms with Crippen LogP contribution in [0.5, 0.6) is 0 Å². The maximum Gasteiger partial charge on any atom is 0.157 e. The molecule has 0 spiro atoms. The van der Waals surface area contributed by atoms with Crippen molar-refractivity contribution < 1.29 is 0 Å². The Morgan fingerprint density at radius 2 is 1.36 bits per heavy atom. The quantitative estimate of drug-likeness (QED) is 0.196. The van der Waals surface area contributed by atoms with Crippen LogP contribution in [0.3, 0.4) is 0 Å². The summed E-state index contributed by atoms with van der Waals surface area (Å²) in [5.74, 6) is 0.755. The highest BCUT2D eigenvalue weighted by Crippen LogP contribution is 2.39. The fraction of sp³-hybridized carbons (Fsp3) is 0.100. The van der Waals surface area contributed by atoms with Gasteiger partial charge in [-0.1, -0.05) is 115 Å². The molecule has 0 aliphatic carbocycles. The van der Waals surface area contributed by atoms with Gasteiger partial charge in [0.25, 0.3) is 0 Å². The monoisotopic (exact) mass is 587 g/mol. The first-order chi connectivity index (χ1) is 21.7. The maximum absolute atomic E-state index is 6.93. The number of halogens is 1. The van der Waals surface area contributed by atoms with E-state index in [4.69, 9.17) is 21.6 Å². The molecule has 0 saturated carbocycles. The lowest BCUT2D eigenvalue weighted by Crippen LogP contribution is -2.14. The van der Waals surface area contributed by atoms with Crippen molar-refractivity contribution in [1.29, 1.82) is 0 Å². The molecular weight excluding hydrogens is 558 g/mol. The molecule has 4 heteroatoms. The number of aliphatic imine (C=N–C) groups is 2. The molecule has 1 unspecified atom stereocenters. The van der Waals surface area contributed by atoms with Crippen LogP contribution in [0.15, 0.2) is 150 Å². The van der Waals surface area contributed by atoms with Gasteiger partial charge in [-0.2, -0.15) is 0 Å². The van der Waals surface area contributed by atoms with E-state index in [2.05, 4.69) is 132 Å². The van der Waals surface area contributed by atoms with Crippen molar-refractivity contribution in [2.45, 2.75) is 25.3 Å². The molecule has 212 valence electrons. The molecule has 1 aromatic heterocycles. The highest BCUT2D eigenvalue weighted by Gasteiger charge is 2.22. The summed E-state index contributed by atoms with van der Waals surface area (Å²) in [4.78, 5) is 10.8. The number of amidine groups is 1. The predicted molar refractivity (Wildman–Crippen MR) is 186 cm³/mol. The molecular formula is C40H30ClN3. The lowest BCUT2D eigenvalue weighted by atomic mass is 9.97. The van der Waals surface area contributed by atoms with Gasteiger partial charge in [0.05, 0.1) is 33.5 Å². The minimum absolute atomic E-state index is 0.0249. The molecule has 8 rings (SSSR count). The molecule has 2 heterocycles. The second-order valence-corrected chi connectivity index (χ2v) is 11.8. The summed E-state index contributed by atoms with van der Waals surface area (Å²) < 4.78 is 2.34. The van der Waals surface area contributed by atoms with E-state index in [1.807, 2.05) is 12.1 Å². The molecule has 0 saturated heterocycles. The van der Waals surface area contributed by atoms with E-state index in [-0.39, 0.29) is 6.04 Å². The molecule has 0 radical (unpaired) electrons. The van der Waals surface area contributed by atoms with Crippen molar-refractivity contribution in [3.63, 3.8) is 0 Å². The lowest BCUT2D eigenvalue weighted by molar-refractivity contribution is 0.622. The van der Waals surface area contributed by atoms with E-state index in [0.717, 1.165) is 74.5 Å². The van der Waals surface area contributed by atoms with Crippen LogP contribution < -0.4 is 0 Å². The van der Waals surface area contributed by atoms with Crippen molar-refractivity contribution in [1.82, 2.24) is 4.57 Å². The maximum atomic E-state index is 6.93. The Balaban J connectivity index is 1.41. The molecule has 3 nitrogen and oxygen atoms in total. The molecule has 7 aromatic rings. The van der Waals surface area contributed by atoms with E-state index in [0.29, 0.717) is 0 Å². The zero-order chi connectivity index (χ0) is 29.5. The smallest absolute Gasteiger partial charge is 0.157 e. The predicted octanol–water partition coefficient (Wildman–Crippen LogP) is 10.8. The second-order valence-electron chi connectivity index (χ2n) is 11.4. The van der Waals surface area contributed by atoms with Crippen LogP contribution in [0.25, 0.3) is 38.3 Å². The van der Waals surface area contributed by atoms with Crippen LogP contribution in [0.4, 0.5) is 0 Å². The van der Waals surface area contributed by atoms with Gasteiger partial charge in [-0.25, -0.2) is 4.99 Å². The molecule has 0 amide bonds. The van der Waals surface area contributed by atoms with Crippen molar-refractivity contribution >= 4 is 55.7 Å². The third-order valence-corrected chi connectivity index (χ3v) is 9.01. The summed E-state index contributed by atoms with van der Waals surface area (Å²) >= 11 is 6.93. The van der Waals surface area contributed by atoms with E-state index in [1.54, 1.807) is 0 Å². The molecule has 6 aromatic carbocycles.